The third-order valence-electron chi connectivity index (χ3n) is 5.64. The Kier molecular flexibility index (Phi) is 4.86. The summed E-state index contributed by atoms with van der Waals surface area (Å²) in [4.78, 5) is 41.1. The quantitative estimate of drug-likeness (QED) is 0.832. The predicted molar refractivity (Wildman–Crippen MR) is 105 cm³/mol. The summed E-state index contributed by atoms with van der Waals surface area (Å²) in [7, 11) is 0. The van der Waals surface area contributed by atoms with E-state index < -0.39 is 5.54 Å². The summed E-state index contributed by atoms with van der Waals surface area (Å²) in [5, 5.41) is 2.90. The molecular weight excluding hydrogens is 354 g/mol. The zero-order valence-corrected chi connectivity index (χ0v) is 15.6. The van der Waals surface area contributed by atoms with Crippen LogP contribution in [0.3, 0.4) is 0 Å². The lowest BCUT2D eigenvalue weighted by atomic mass is 9.87. The molecule has 28 heavy (non-hydrogen) atoms. The number of nitrogens with one attached hydrogen (secondary N) is 1. The average molecular weight is 377 g/mol. The maximum atomic E-state index is 13.0. The van der Waals surface area contributed by atoms with Crippen molar-refractivity contribution in [2.45, 2.75) is 24.8 Å². The first-order valence-electron chi connectivity index (χ1n) is 9.61. The predicted octanol–water partition coefficient (Wildman–Crippen LogP) is 2.46. The minimum Gasteiger partial charge on any atom is -0.338 e. The van der Waals surface area contributed by atoms with Crippen LogP contribution in [0.5, 0.6) is 0 Å². The van der Waals surface area contributed by atoms with Crippen molar-refractivity contribution in [3.8, 4) is 0 Å². The van der Waals surface area contributed by atoms with Gasteiger partial charge in [0, 0.05) is 25.2 Å². The summed E-state index contributed by atoms with van der Waals surface area (Å²) < 4.78 is 0. The van der Waals surface area contributed by atoms with Crippen molar-refractivity contribution < 1.29 is 14.4 Å². The van der Waals surface area contributed by atoms with E-state index in [0.29, 0.717) is 44.5 Å². The number of carbonyl (C=O) groups excluding carboxylic acids is 3. The Morgan fingerprint density at radius 2 is 1.54 bits per heavy atom. The van der Waals surface area contributed by atoms with Gasteiger partial charge in [0.25, 0.3) is 11.8 Å². The van der Waals surface area contributed by atoms with Gasteiger partial charge in [-0.25, -0.2) is 4.79 Å². The molecule has 6 heteroatoms. The van der Waals surface area contributed by atoms with E-state index in [4.69, 9.17) is 0 Å². The minimum absolute atomic E-state index is 0.0341. The van der Waals surface area contributed by atoms with Crippen LogP contribution in [-0.4, -0.2) is 52.8 Å². The van der Waals surface area contributed by atoms with E-state index in [0.717, 1.165) is 5.56 Å². The summed E-state index contributed by atoms with van der Waals surface area (Å²) in [5.74, 6) is -0.201. The third-order valence-corrected chi connectivity index (χ3v) is 5.64. The molecule has 0 radical (unpaired) electrons. The van der Waals surface area contributed by atoms with Crippen LogP contribution in [-0.2, 0) is 11.2 Å². The fraction of sp³-hybridized carbons (Fsp3) is 0.318. The number of imide groups is 1. The van der Waals surface area contributed by atoms with E-state index in [2.05, 4.69) is 5.32 Å². The molecule has 0 aliphatic carbocycles. The van der Waals surface area contributed by atoms with Gasteiger partial charge in [0.15, 0.2) is 0 Å². The highest BCUT2D eigenvalue weighted by atomic mass is 16.2. The van der Waals surface area contributed by atoms with Gasteiger partial charge in [-0.05, 0) is 37.0 Å². The molecule has 4 rings (SSSR count). The van der Waals surface area contributed by atoms with Crippen LogP contribution in [0.1, 0.15) is 28.8 Å². The van der Waals surface area contributed by atoms with Crippen LogP contribution in [0.15, 0.2) is 60.7 Å². The number of likely N-dealkylation sites (tertiary alicyclic amines) is 1. The first kappa shape index (κ1) is 18.2. The van der Waals surface area contributed by atoms with Gasteiger partial charge < -0.3 is 10.2 Å². The SMILES string of the molecule is O=C(c1ccccc1)N1CCC2(CC1)NC(=O)N(CCc1ccccc1)C2=O. The molecule has 0 atom stereocenters. The molecule has 2 aliphatic rings. The molecule has 2 saturated heterocycles. The van der Waals surface area contributed by atoms with Gasteiger partial charge in [0.05, 0.1) is 0 Å². The lowest BCUT2D eigenvalue weighted by Gasteiger charge is -2.37. The molecule has 2 aromatic carbocycles. The molecule has 4 amide bonds. The molecule has 0 bridgehead atoms. The number of hydrogen-bond donors (Lipinski definition) is 1. The van der Waals surface area contributed by atoms with Gasteiger partial charge in [-0.2, -0.15) is 0 Å². The standard InChI is InChI=1S/C22H23N3O3/c26-19(18-9-5-2-6-10-18)24-15-12-22(13-16-24)20(27)25(21(28)23-22)14-11-17-7-3-1-4-8-17/h1-10H,11-16H2,(H,23,28). The van der Waals surface area contributed by atoms with Crippen LogP contribution in [0.4, 0.5) is 4.79 Å². The highest BCUT2D eigenvalue weighted by Gasteiger charge is 2.52. The van der Waals surface area contributed by atoms with Gasteiger partial charge in [-0.3, -0.25) is 14.5 Å². The Hall–Kier alpha value is -3.15. The van der Waals surface area contributed by atoms with Crippen molar-refractivity contribution in [1.82, 2.24) is 15.1 Å². The Morgan fingerprint density at radius 1 is 0.929 bits per heavy atom. The smallest absolute Gasteiger partial charge is 0.325 e. The Bertz CT molecular complexity index is 874. The van der Waals surface area contributed by atoms with Crippen LogP contribution in [0, 0.1) is 0 Å². The van der Waals surface area contributed by atoms with Crippen molar-refractivity contribution in [3.05, 3.63) is 71.8 Å². The number of nitrogens with zero attached hydrogens (tertiary/aromatic N) is 2. The molecule has 2 aromatic rings. The van der Waals surface area contributed by atoms with Gasteiger partial charge in [0.1, 0.15) is 5.54 Å². The van der Waals surface area contributed by atoms with E-state index >= 15 is 0 Å². The van der Waals surface area contributed by atoms with E-state index in [-0.39, 0.29) is 17.8 Å². The van der Waals surface area contributed by atoms with Crippen molar-refractivity contribution >= 4 is 17.8 Å². The van der Waals surface area contributed by atoms with Crippen molar-refractivity contribution in [2.75, 3.05) is 19.6 Å². The number of rotatable bonds is 4. The van der Waals surface area contributed by atoms with Crippen molar-refractivity contribution in [3.63, 3.8) is 0 Å². The highest BCUT2D eigenvalue weighted by molar-refractivity contribution is 6.07. The monoisotopic (exact) mass is 377 g/mol. The number of urea groups is 1. The van der Waals surface area contributed by atoms with Gasteiger partial charge in [0.2, 0.25) is 0 Å². The molecule has 1 N–H and O–H groups in total. The minimum atomic E-state index is -0.874. The zero-order valence-electron chi connectivity index (χ0n) is 15.6. The fourth-order valence-electron chi connectivity index (χ4n) is 3.96. The topological polar surface area (TPSA) is 69.7 Å². The average Bonchev–Trinajstić information content (AvgIpc) is 2.97. The normalized spacial score (nSPS) is 18.4. The Labute approximate surface area is 164 Å². The molecule has 2 fully saturated rings. The lowest BCUT2D eigenvalue weighted by Crippen LogP contribution is -2.55. The third kappa shape index (κ3) is 3.38. The summed E-state index contributed by atoms with van der Waals surface area (Å²) in [5.41, 5.74) is 0.860. The van der Waals surface area contributed by atoms with E-state index in [1.165, 1.54) is 4.90 Å². The number of benzene rings is 2. The number of hydrogen-bond acceptors (Lipinski definition) is 3. The molecule has 0 unspecified atom stereocenters. The number of piperidine rings is 1. The van der Waals surface area contributed by atoms with E-state index in [1.54, 1.807) is 17.0 Å². The Morgan fingerprint density at radius 3 is 2.18 bits per heavy atom. The largest absolute Gasteiger partial charge is 0.338 e. The first-order chi connectivity index (χ1) is 13.6. The molecule has 6 nitrogen and oxygen atoms in total. The molecule has 144 valence electrons. The van der Waals surface area contributed by atoms with Gasteiger partial charge >= 0.3 is 6.03 Å². The van der Waals surface area contributed by atoms with Crippen molar-refractivity contribution in [2.24, 2.45) is 0 Å². The fourth-order valence-corrected chi connectivity index (χ4v) is 3.96. The highest BCUT2D eigenvalue weighted by Crippen LogP contribution is 2.30. The number of amides is 4. The van der Waals surface area contributed by atoms with Crippen LogP contribution >= 0.6 is 0 Å². The van der Waals surface area contributed by atoms with E-state index in [1.807, 2.05) is 48.5 Å². The first-order valence-corrected chi connectivity index (χ1v) is 9.61. The van der Waals surface area contributed by atoms with Crippen molar-refractivity contribution in [1.29, 1.82) is 0 Å². The van der Waals surface area contributed by atoms with Gasteiger partial charge in [-0.15, -0.1) is 0 Å². The molecule has 0 saturated carbocycles. The summed E-state index contributed by atoms with van der Waals surface area (Å²) in [6.45, 7) is 1.27. The molecule has 2 aliphatic heterocycles. The molecule has 0 aromatic heterocycles. The zero-order chi connectivity index (χ0) is 19.6. The number of carbonyl (C=O) groups is 3. The second-order valence-corrected chi connectivity index (χ2v) is 7.36. The second kappa shape index (κ2) is 7.46. The van der Waals surface area contributed by atoms with Crippen LogP contribution in [0.25, 0.3) is 0 Å². The summed E-state index contributed by atoms with van der Waals surface area (Å²) in [6, 6.07) is 18.6. The summed E-state index contributed by atoms with van der Waals surface area (Å²) in [6.07, 6.45) is 1.52. The molecule has 2 heterocycles. The molecule has 1 spiro atoms. The van der Waals surface area contributed by atoms with Crippen LogP contribution < -0.4 is 5.32 Å². The maximum absolute atomic E-state index is 13.0. The van der Waals surface area contributed by atoms with Crippen LogP contribution in [0.2, 0.25) is 0 Å². The summed E-state index contributed by atoms with van der Waals surface area (Å²) >= 11 is 0. The van der Waals surface area contributed by atoms with Gasteiger partial charge in [-0.1, -0.05) is 48.5 Å². The molecular formula is C22H23N3O3. The lowest BCUT2D eigenvalue weighted by molar-refractivity contribution is -0.132. The Balaban J connectivity index is 1.39. The maximum Gasteiger partial charge on any atom is 0.325 e. The van der Waals surface area contributed by atoms with E-state index in [9.17, 15) is 14.4 Å². The second-order valence-electron chi connectivity index (χ2n) is 7.36.